The van der Waals surface area contributed by atoms with Gasteiger partial charge in [-0.15, -0.1) is 0 Å². The maximum absolute atomic E-state index is 5.30. The Morgan fingerprint density at radius 2 is 1.03 bits per heavy atom. The monoisotopic (exact) mass is 911 g/mol. The first-order valence-electron chi connectivity index (χ1n) is 7.64. The molecule has 0 aliphatic rings. The number of halogens is 8. The lowest BCUT2D eigenvalue weighted by Crippen LogP contribution is -1.98. The SMILES string of the molecule is C.COC(C)c1cc(Br)c(C(Br)Br)cc1Br.COc1cc(Br)c(C(Br)Br)cc1Br. The molecule has 10 heteroatoms. The summed E-state index contributed by atoms with van der Waals surface area (Å²) in [6.45, 7) is 2.02. The van der Waals surface area contributed by atoms with E-state index in [2.05, 4.69) is 140 Å². The maximum Gasteiger partial charge on any atom is 0.134 e. The van der Waals surface area contributed by atoms with Crippen LogP contribution in [0.1, 0.15) is 44.6 Å². The summed E-state index contributed by atoms with van der Waals surface area (Å²) in [7, 11) is 3.35. The van der Waals surface area contributed by atoms with E-state index in [9.17, 15) is 0 Å². The molecule has 2 nitrogen and oxygen atoms in total. The minimum absolute atomic E-state index is 0. The lowest BCUT2D eigenvalue weighted by atomic mass is 10.1. The fourth-order valence-electron chi connectivity index (χ4n) is 2.05. The van der Waals surface area contributed by atoms with Gasteiger partial charge < -0.3 is 9.47 Å². The van der Waals surface area contributed by atoms with Gasteiger partial charge in [0.2, 0.25) is 0 Å². The summed E-state index contributed by atoms with van der Waals surface area (Å²) >= 11 is 27.8. The van der Waals surface area contributed by atoms with Crippen LogP contribution < -0.4 is 4.74 Å². The summed E-state index contributed by atoms with van der Waals surface area (Å²) in [6, 6.07) is 8.07. The van der Waals surface area contributed by atoms with Gasteiger partial charge in [0.05, 0.1) is 25.2 Å². The molecule has 0 radical (unpaired) electrons. The van der Waals surface area contributed by atoms with E-state index < -0.39 is 0 Å². The van der Waals surface area contributed by atoms with E-state index in [1.165, 1.54) is 0 Å². The van der Waals surface area contributed by atoms with Crippen molar-refractivity contribution in [2.45, 2.75) is 27.9 Å². The number of alkyl halides is 4. The standard InChI is InChI=1S/C10H10Br4O.C8H6Br4O.CH4/c1-5(15-2)6-3-9(12)7(10(13)14)4-8(6)11;1-13-7-3-5(9)4(8(11)12)2-6(7)10;/h3-5,10H,1-2H3;2-3,8H,1H3;1H4. The zero-order valence-electron chi connectivity index (χ0n) is 14.9. The molecule has 2 aromatic carbocycles. The number of hydrogen-bond donors (Lipinski definition) is 0. The molecule has 0 fully saturated rings. The van der Waals surface area contributed by atoms with Crippen LogP contribution in [0.15, 0.2) is 42.2 Å². The summed E-state index contributed by atoms with van der Waals surface area (Å²) in [6.07, 6.45) is 0.0776. The zero-order chi connectivity index (χ0) is 21.6. The topological polar surface area (TPSA) is 18.5 Å². The average molecular weight is 920 g/mol. The lowest BCUT2D eigenvalue weighted by molar-refractivity contribution is 0.119. The van der Waals surface area contributed by atoms with Crippen molar-refractivity contribution >= 4 is 127 Å². The van der Waals surface area contributed by atoms with Crippen molar-refractivity contribution in [1.29, 1.82) is 0 Å². The number of benzene rings is 2. The van der Waals surface area contributed by atoms with Crippen molar-refractivity contribution in [3.05, 3.63) is 58.8 Å². The predicted molar refractivity (Wildman–Crippen MR) is 154 cm³/mol. The van der Waals surface area contributed by atoms with E-state index in [1.54, 1.807) is 14.2 Å². The number of methoxy groups -OCH3 is 2. The zero-order valence-corrected chi connectivity index (χ0v) is 27.6. The van der Waals surface area contributed by atoms with E-state index in [0.717, 1.165) is 40.3 Å². The third-order valence-electron chi connectivity index (χ3n) is 3.65. The predicted octanol–water partition coefficient (Wildman–Crippen LogP) is 11.4. The van der Waals surface area contributed by atoms with Gasteiger partial charge in [-0.2, -0.15) is 0 Å². The van der Waals surface area contributed by atoms with Gasteiger partial charge in [0.25, 0.3) is 0 Å². The molecule has 0 aliphatic carbocycles. The van der Waals surface area contributed by atoms with E-state index in [4.69, 9.17) is 9.47 Å². The Morgan fingerprint density at radius 1 is 0.655 bits per heavy atom. The Bertz CT molecular complexity index is 796. The molecular weight excluding hydrogens is 899 g/mol. The van der Waals surface area contributed by atoms with Crippen LogP contribution in [0.4, 0.5) is 0 Å². The van der Waals surface area contributed by atoms with Crippen molar-refractivity contribution in [2.75, 3.05) is 14.2 Å². The molecule has 1 atom stereocenters. The van der Waals surface area contributed by atoms with E-state index in [-0.39, 0.29) is 21.0 Å². The lowest BCUT2D eigenvalue weighted by Gasteiger charge is -2.15. The van der Waals surface area contributed by atoms with Crippen molar-refractivity contribution in [3.8, 4) is 5.75 Å². The first-order chi connectivity index (χ1) is 13.0. The Balaban J connectivity index is 0.000000527. The number of hydrogen-bond acceptors (Lipinski definition) is 2. The Morgan fingerprint density at radius 3 is 1.45 bits per heavy atom. The first kappa shape index (κ1) is 31.0. The smallest absolute Gasteiger partial charge is 0.134 e. The van der Waals surface area contributed by atoms with Crippen molar-refractivity contribution < 1.29 is 9.47 Å². The maximum atomic E-state index is 5.30. The second kappa shape index (κ2) is 15.0. The molecule has 2 aromatic rings. The van der Waals surface area contributed by atoms with E-state index in [1.807, 2.05) is 19.1 Å². The van der Waals surface area contributed by atoms with Crippen LogP contribution in [0.3, 0.4) is 0 Å². The summed E-state index contributed by atoms with van der Waals surface area (Å²) in [5.74, 6) is 0.816. The molecule has 2 rings (SSSR count). The second-order valence-electron chi connectivity index (χ2n) is 5.38. The summed E-state index contributed by atoms with van der Waals surface area (Å²) < 4.78 is 14.8. The highest BCUT2D eigenvalue weighted by Gasteiger charge is 2.15. The fraction of sp³-hybridized carbons (Fsp3) is 0.368. The van der Waals surface area contributed by atoms with Gasteiger partial charge in [-0.1, -0.05) is 119 Å². The fourth-order valence-corrected chi connectivity index (χ4v) is 7.14. The van der Waals surface area contributed by atoms with Gasteiger partial charge in [0.1, 0.15) is 5.75 Å². The van der Waals surface area contributed by atoms with Crippen LogP contribution in [-0.2, 0) is 4.74 Å². The minimum Gasteiger partial charge on any atom is -0.496 e. The highest BCUT2D eigenvalue weighted by atomic mass is 79.9. The van der Waals surface area contributed by atoms with Gasteiger partial charge in [-0.05, 0) is 63.8 Å². The van der Waals surface area contributed by atoms with Gasteiger partial charge in [-0.25, -0.2) is 0 Å². The van der Waals surface area contributed by atoms with Gasteiger partial charge in [0.15, 0.2) is 0 Å². The second-order valence-corrected chi connectivity index (χ2v) is 14.9. The van der Waals surface area contributed by atoms with Crippen LogP contribution in [-0.4, -0.2) is 14.2 Å². The molecule has 29 heavy (non-hydrogen) atoms. The molecule has 0 aromatic heterocycles. The Labute approximate surface area is 240 Å². The first-order valence-corrected chi connectivity index (χ1v) is 14.5. The Hall–Kier alpha value is 2.04. The third-order valence-corrected chi connectivity index (χ3v) is 8.30. The highest BCUT2D eigenvalue weighted by Crippen LogP contribution is 2.40. The molecule has 0 heterocycles. The summed E-state index contributed by atoms with van der Waals surface area (Å²) in [4.78, 5) is 0. The van der Waals surface area contributed by atoms with Gasteiger partial charge in [0, 0.05) is 20.5 Å². The largest absolute Gasteiger partial charge is 0.496 e. The van der Waals surface area contributed by atoms with Crippen molar-refractivity contribution in [3.63, 3.8) is 0 Å². The number of rotatable bonds is 5. The van der Waals surface area contributed by atoms with Crippen molar-refractivity contribution in [1.82, 2.24) is 0 Å². The van der Waals surface area contributed by atoms with Crippen LogP contribution in [0, 0.1) is 0 Å². The molecule has 1 unspecified atom stereocenters. The molecule has 0 aliphatic heterocycles. The summed E-state index contributed by atoms with van der Waals surface area (Å²) in [5, 5.41) is 0. The van der Waals surface area contributed by atoms with Crippen LogP contribution in [0.2, 0.25) is 0 Å². The molecule has 0 N–H and O–H groups in total. The normalized spacial score (nSPS) is 11.6. The van der Waals surface area contributed by atoms with E-state index in [0.29, 0.717) is 0 Å². The van der Waals surface area contributed by atoms with Gasteiger partial charge in [-0.3, -0.25) is 0 Å². The molecule has 0 bridgehead atoms. The van der Waals surface area contributed by atoms with Crippen molar-refractivity contribution in [2.24, 2.45) is 0 Å². The Kier molecular flexibility index (Phi) is 16.1. The number of ether oxygens (including phenoxy) is 2. The quantitative estimate of drug-likeness (QED) is 0.278. The highest BCUT2D eigenvalue weighted by molar-refractivity contribution is 9.24. The molecule has 0 amide bonds. The van der Waals surface area contributed by atoms with E-state index >= 15 is 0 Å². The van der Waals surface area contributed by atoms with Crippen LogP contribution >= 0.6 is 127 Å². The summed E-state index contributed by atoms with van der Waals surface area (Å²) in [5.41, 5.74) is 3.40. The minimum atomic E-state index is 0. The molecule has 0 saturated carbocycles. The average Bonchev–Trinajstić information content (AvgIpc) is 2.64. The third kappa shape index (κ3) is 9.43. The van der Waals surface area contributed by atoms with Crippen LogP contribution in [0.5, 0.6) is 5.75 Å². The van der Waals surface area contributed by atoms with Crippen LogP contribution in [0.25, 0.3) is 0 Å². The van der Waals surface area contributed by atoms with Gasteiger partial charge >= 0.3 is 0 Å². The molecular formula is C19H20Br8O2. The molecule has 0 saturated heterocycles. The molecule has 0 spiro atoms. The molecule has 164 valence electrons.